The topological polar surface area (TPSA) is 42.0 Å². The van der Waals surface area contributed by atoms with Crippen molar-refractivity contribution >= 4 is 11.7 Å². The molecule has 1 N–H and O–H groups in total. The van der Waals surface area contributed by atoms with Gasteiger partial charge in [-0.1, -0.05) is 13.0 Å². The first-order valence-electron chi connectivity index (χ1n) is 4.27. The highest BCUT2D eigenvalue weighted by Crippen LogP contribution is 2.19. The molecule has 0 aromatic carbocycles. The van der Waals surface area contributed by atoms with E-state index in [0.29, 0.717) is 0 Å². The number of alkyl halides is 2. The molecule has 0 bridgehead atoms. The Labute approximate surface area is 84.3 Å². The van der Waals surface area contributed by atoms with Gasteiger partial charge >= 0.3 is 5.92 Å². The first kappa shape index (κ1) is 11.5. The molecule has 3 nitrogen and oxygen atoms in total. The number of carbonyl (C=O) groups excluding carboxylic acids is 1. The van der Waals surface area contributed by atoms with Gasteiger partial charge in [0.2, 0.25) is 5.95 Å². The number of carbonyl (C=O) groups is 1. The Bertz CT molecular complexity index is 368. The molecule has 0 spiro atoms. The number of aromatic nitrogens is 1. The minimum absolute atomic E-state index is 0.229. The molecule has 1 heterocycles. The van der Waals surface area contributed by atoms with Crippen molar-refractivity contribution in [2.45, 2.75) is 19.3 Å². The molecule has 82 valence electrons. The molecule has 0 unspecified atom stereocenters. The molecule has 1 aromatic heterocycles. The standard InChI is InChI=1S/C9H9F3N2O/c1-2-9(11,12)8(15)14-7-5-3-4-6(10)13-7/h3-5H,2H2,1H3,(H,13,14,15). The van der Waals surface area contributed by atoms with E-state index in [1.807, 2.05) is 5.32 Å². The first-order chi connectivity index (χ1) is 6.95. The lowest BCUT2D eigenvalue weighted by Gasteiger charge is -2.12. The van der Waals surface area contributed by atoms with E-state index in [9.17, 15) is 18.0 Å². The summed E-state index contributed by atoms with van der Waals surface area (Å²) < 4.78 is 38.1. The highest BCUT2D eigenvalue weighted by molar-refractivity contribution is 5.95. The number of nitrogens with zero attached hydrogens (tertiary/aromatic N) is 1. The van der Waals surface area contributed by atoms with Gasteiger partial charge in [-0.15, -0.1) is 0 Å². The largest absolute Gasteiger partial charge is 0.324 e. The van der Waals surface area contributed by atoms with Crippen molar-refractivity contribution in [2.75, 3.05) is 5.32 Å². The van der Waals surface area contributed by atoms with Crippen LogP contribution in [-0.2, 0) is 4.79 Å². The van der Waals surface area contributed by atoms with Gasteiger partial charge in [0.15, 0.2) is 0 Å². The molecule has 0 aliphatic heterocycles. The number of halogens is 3. The Morgan fingerprint density at radius 1 is 1.53 bits per heavy atom. The summed E-state index contributed by atoms with van der Waals surface area (Å²) in [6.07, 6.45) is -0.617. The lowest BCUT2D eigenvalue weighted by molar-refractivity contribution is -0.139. The van der Waals surface area contributed by atoms with E-state index in [2.05, 4.69) is 4.98 Å². The Hall–Kier alpha value is -1.59. The van der Waals surface area contributed by atoms with E-state index in [0.717, 1.165) is 6.07 Å². The van der Waals surface area contributed by atoms with Crippen molar-refractivity contribution in [2.24, 2.45) is 0 Å². The molecule has 1 aromatic rings. The summed E-state index contributed by atoms with van der Waals surface area (Å²) >= 11 is 0. The molecule has 1 amide bonds. The van der Waals surface area contributed by atoms with Crippen molar-refractivity contribution in [3.8, 4) is 0 Å². The third-order valence-corrected chi connectivity index (χ3v) is 1.73. The fraction of sp³-hybridized carbons (Fsp3) is 0.333. The van der Waals surface area contributed by atoms with Crippen LogP contribution in [0.25, 0.3) is 0 Å². The maximum absolute atomic E-state index is 12.8. The molecule has 0 saturated heterocycles. The third-order valence-electron chi connectivity index (χ3n) is 1.73. The van der Waals surface area contributed by atoms with E-state index >= 15 is 0 Å². The van der Waals surface area contributed by atoms with Crippen LogP contribution < -0.4 is 5.32 Å². The van der Waals surface area contributed by atoms with Crippen LogP contribution in [0.2, 0.25) is 0 Å². The number of amides is 1. The number of hydrogen-bond acceptors (Lipinski definition) is 2. The van der Waals surface area contributed by atoms with Gasteiger partial charge in [0.1, 0.15) is 5.82 Å². The molecule has 0 aliphatic carbocycles. The fourth-order valence-electron chi connectivity index (χ4n) is 0.846. The number of hydrogen-bond donors (Lipinski definition) is 1. The summed E-state index contributed by atoms with van der Waals surface area (Å²) in [5.74, 6) is -6.02. The zero-order valence-electron chi connectivity index (χ0n) is 7.93. The highest BCUT2D eigenvalue weighted by Gasteiger charge is 2.36. The van der Waals surface area contributed by atoms with Crippen molar-refractivity contribution < 1.29 is 18.0 Å². The van der Waals surface area contributed by atoms with Gasteiger partial charge in [-0.2, -0.15) is 13.2 Å². The van der Waals surface area contributed by atoms with E-state index in [1.165, 1.54) is 19.1 Å². The summed E-state index contributed by atoms with van der Waals surface area (Å²) in [6, 6.07) is 3.54. The molecule has 6 heteroatoms. The quantitative estimate of drug-likeness (QED) is 0.790. The summed E-state index contributed by atoms with van der Waals surface area (Å²) in [7, 11) is 0. The zero-order chi connectivity index (χ0) is 11.5. The minimum Gasteiger partial charge on any atom is -0.305 e. The van der Waals surface area contributed by atoms with Crippen LogP contribution in [-0.4, -0.2) is 16.8 Å². The highest BCUT2D eigenvalue weighted by atomic mass is 19.3. The Morgan fingerprint density at radius 3 is 2.73 bits per heavy atom. The van der Waals surface area contributed by atoms with Crippen LogP contribution >= 0.6 is 0 Å². The van der Waals surface area contributed by atoms with Gasteiger partial charge in [-0.3, -0.25) is 4.79 Å². The van der Waals surface area contributed by atoms with E-state index < -0.39 is 24.2 Å². The van der Waals surface area contributed by atoms with Gasteiger partial charge in [-0.25, -0.2) is 4.98 Å². The lowest BCUT2D eigenvalue weighted by Crippen LogP contribution is -2.34. The van der Waals surface area contributed by atoms with Crippen molar-refractivity contribution in [1.29, 1.82) is 0 Å². The number of nitrogens with one attached hydrogen (secondary N) is 1. The van der Waals surface area contributed by atoms with Crippen LogP contribution in [0.5, 0.6) is 0 Å². The molecule has 0 fully saturated rings. The van der Waals surface area contributed by atoms with Crippen LogP contribution in [0.15, 0.2) is 18.2 Å². The van der Waals surface area contributed by atoms with E-state index in [1.54, 1.807) is 0 Å². The van der Waals surface area contributed by atoms with E-state index in [-0.39, 0.29) is 5.82 Å². The van der Waals surface area contributed by atoms with Crippen LogP contribution in [0.4, 0.5) is 19.0 Å². The summed E-state index contributed by atoms with van der Waals surface area (Å²) in [4.78, 5) is 14.2. The van der Waals surface area contributed by atoms with Crippen LogP contribution in [0.1, 0.15) is 13.3 Å². The predicted molar refractivity (Wildman–Crippen MR) is 48.1 cm³/mol. The lowest BCUT2D eigenvalue weighted by atomic mass is 10.2. The average Bonchev–Trinajstić information content (AvgIpc) is 2.17. The summed E-state index contributed by atoms with van der Waals surface area (Å²) in [5.41, 5.74) is 0. The van der Waals surface area contributed by atoms with E-state index in [4.69, 9.17) is 0 Å². The van der Waals surface area contributed by atoms with Gasteiger partial charge in [-0.05, 0) is 12.1 Å². The second-order valence-electron chi connectivity index (χ2n) is 2.86. The Kier molecular flexibility index (Phi) is 3.28. The molecular formula is C9H9F3N2O. The first-order valence-corrected chi connectivity index (χ1v) is 4.27. The minimum atomic E-state index is -3.46. The Morgan fingerprint density at radius 2 is 2.20 bits per heavy atom. The molecule has 1 rings (SSSR count). The normalized spacial score (nSPS) is 11.2. The number of rotatable bonds is 3. The zero-order valence-corrected chi connectivity index (χ0v) is 7.93. The second kappa shape index (κ2) is 4.29. The molecule has 0 saturated carbocycles. The van der Waals surface area contributed by atoms with Crippen LogP contribution in [0, 0.1) is 5.95 Å². The predicted octanol–water partition coefficient (Wildman–Crippen LogP) is 2.20. The molecule has 0 radical (unpaired) electrons. The SMILES string of the molecule is CCC(F)(F)C(=O)Nc1cccc(F)n1. The fourth-order valence-corrected chi connectivity index (χ4v) is 0.846. The van der Waals surface area contributed by atoms with Gasteiger partial charge in [0.25, 0.3) is 5.91 Å². The summed E-state index contributed by atoms with van der Waals surface area (Å²) in [5, 5.41) is 1.83. The van der Waals surface area contributed by atoms with Gasteiger partial charge in [0.05, 0.1) is 0 Å². The Balaban J connectivity index is 2.75. The monoisotopic (exact) mass is 218 g/mol. The van der Waals surface area contributed by atoms with Crippen molar-refractivity contribution in [3.05, 3.63) is 24.1 Å². The second-order valence-corrected chi connectivity index (χ2v) is 2.86. The number of pyridine rings is 1. The van der Waals surface area contributed by atoms with Gasteiger partial charge < -0.3 is 5.32 Å². The molecule has 0 aliphatic rings. The molecule has 0 atom stereocenters. The molecule has 15 heavy (non-hydrogen) atoms. The van der Waals surface area contributed by atoms with Crippen LogP contribution in [0.3, 0.4) is 0 Å². The van der Waals surface area contributed by atoms with Crippen molar-refractivity contribution in [3.63, 3.8) is 0 Å². The maximum atomic E-state index is 12.8. The molecular weight excluding hydrogens is 209 g/mol. The van der Waals surface area contributed by atoms with Gasteiger partial charge in [0, 0.05) is 6.42 Å². The summed E-state index contributed by atoms with van der Waals surface area (Å²) in [6.45, 7) is 1.18. The third kappa shape index (κ3) is 2.93. The average molecular weight is 218 g/mol. The smallest absolute Gasteiger partial charge is 0.305 e. The maximum Gasteiger partial charge on any atom is 0.324 e. The van der Waals surface area contributed by atoms with Crippen molar-refractivity contribution in [1.82, 2.24) is 4.98 Å². The number of anilines is 1.